The number of rotatable bonds is 8. The van der Waals surface area contributed by atoms with Crippen LogP contribution < -0.4 is 15.6 Å². The number of nitrogens with one attached hydrogen (secondary N) is 1. The Bertz CT molecular complexity index is 1460. The van der Waals surface area contributed by atoms with Crippen molar-refractivity contribution in [3.05, 3.63) is 67.8 Å². The Kier molecular flexibility index (Phi) is 7.37. The standard InChI is InChI=1S/C23H22ClFN6O5S/c1-34-20-19(18-15(25)4-6-30(23(18)33)13-29-7-10-35-11-8-29)27-31(22(32)16-5-9-36-28-16)21(20)26-12-14-2-3-17(24)37-14/h2-6,9,26H,7-8,10-13H2,1H3. The lowest BCUT2D eigenvalue weighted by molar-refractivity contribution is 0.0228. The Morgan fingerprint density at radius 2 is 2.08 bits per heavy atom. The van der Waals surface area contributed by atoms with Gasteiger partial charge in [0.1, 0.15) is 23.3 Å². The molecule has 5 heterocycles. The second-order valence-electron chi connectivity index (χ2n) is 8.08. The van der Waals surface area contributed by atoms with Gasteiger partial charge >= 0.3 is 5.91 Å². The van der Waals surface area contributed by atoms with Gasteiger partial charge in [0.05, 0.1) is 37.9 Å². The summed E-state index contributed by atoms with van der Waals surface area (Å²) in [7, 11) is 1.35. The number of ether oxygens (including phenoxy) is 2. The van der Waals surface area contributed by atoms with Crippen LogP contribution in [0.5, 0.6) is 5.75 Å². The molecule has 1 aliphatic rings. The number of carbonyl (C=O) groups excluding carboxylic acids is 1. The van der Waals surface area contributed by atoms with Gasteiger partial charge < -0.3 is 23.9 Å². The van der Waals surface area contributed by atoms with E-state index < -0.39 is 17.3 Å². The molecule has 14 heteroatoms. The zero-order chi connectivity index (χ0) is 25.9. The number of anilines is 1. The van der Waals surface area contributed by atoms with E-state index in [0.29, 0.717) is 30.6 Å². The number of aromatic nitrogens is 4. The molecule has 1 N–H and O–H groups in total. The van der Waals surface area contributed by atoms with Gasteiger partial charge in [0.15, 0.2) is 17.3 Å². The van der Waals surface area contributed by atoms with Gasteiger partial charge in [-0.05, 0) is 18.2 Å². The van der Waals surface area contributed by atoms with E-state index in [2.05, 4.69) is 15.6 Å². The van der Waals surface area contributed by atoms with Gasteiger partial charge in [-0.15, -0.1) is 11.3 Å². The summed E-state index contributed by atoms with van der Waals surface area (Å²) in [5, 5.41) is 11.1. The van der Waals surface area contributed by atoms with Crippen LogP contribution in [0.2, 0.25) is 4.34 Å². The van der Waals surface area contributed by atoms with E-state index in [1.54, 1.807) is 6.07 Å². The largest absolute Gasteiger partial charge is 0.491 e. The molecule has 0 aliphatic carbocycles. The fraction of sp³-hybridized carbons (Fsp3) is 0.304. The zero-order valence-corrected chi connectivity index (χ0v) is 21.2. The fourth-order valence-electron chi connectivity index (χ4n) is 3.95. The van der Waals surface area contributed by atoms with Gasteiger partial charge in [0.25, 0.3) is 5.56 Å². The first-order valence-electron chi connectivity index (χ1n) is 11.3. The smallest absolute Gasteiger partial charge is 0.302 e. The Labute approximate surface area is 218 Å². The average Bonchev–Trinajstić information content (AvgIpc) is 3.65. The summed E-state index contributed by atoms with van der Waals surface area (Å²) in [5.41, 5.74) is -1.08. The molecule has 1 fully saturated rings. The molecule has 37 heavy (non-hydrogen) atoms. The molecule has 0 saturated carbocycles. The lowest BCUT2D eigenvalue weighted by Crippen LogP contribution is -2.40. The van der Waals surface area contributed by atoms with Crippen LogP contribution in [0.3, 0.4) is 0 Å². The molecule has 0 atom stereocenters. The lowest BCUT2D eigenvalue weighted by atomic mass is 10.1. The van der Waals surface area contributed by atoms with Gasteiger partial charge in [0, 0.05) is 30.2 Å². The molecule has 0 aromatic carbocycles. The first-order chi connectivity index (χ1) is 18.0. The maximum absolute atomic E-state index is 15.2. The second kappa shape index (κ2) is 10.8. The van der Waals surface area contributed by atoms with Gasteiger partial charge in [-0.1, -0.05) is 16.8 Å². The third-order valence-electron chi connectivity index (χ3n) is 5.76. The minimum absolute atomic E-state index is 0.0274. The van der Waals surface area contributed by atoms with E-state index in [0.717, 1.165) is 9.56 Å². The number of morpholine rings is 1. The molecule has 194 valence electrons. The van der Waals surface area contributed by atoms with E-state index in [1.165, 1.54) is 47.6 Å². The summed E-state index contributed by atoms with van der Waals surface area (Å²) in [6, 6.07) is 6.14. The molecule has 1 aliphatic heterocycles. The third-order valence-corrected chi connectivity index (χ3v) is 6.99. The highest BCUT2D eigenvalue weighted by Crippen LogP contribution is 2.37. The normalized spacial score (nSPS) is 14.1. The molecular weight excluding hydrogens is 527 g/mol. The van der Waals surface area contributed by atoms with E-state index in [4.69, 9.17) is 25.6 Å². The summed E-state index contributed by atoms with van der Waals surface area (Å²) in [6.07, 6.45) is 2.64. The molecule has 11 nitrogen and oxygen atoms in total. The third kappa shape index (κ3) is 5.16. The lowest BCUT2D eigenvalue weighted by Gasteiger charge is -2.27. The van der Waals surface area contributed by atoms with Crippen LogP contribution in [0.15, 0.2) is 46.0 Å². The fourth-order valence-corrected chi connectivity index (χ4v) is 4.97. The predicted octanol–water partition coefficient (Wildman–Crippen LogP) is 3.15. The molecule has 0 amide bonds. The van der Waals surface area contributed by atoms with Crippen LogP contribution in [-0.4, -0.2) is 63.7 Å². The summed E-state index contributed by atoms with van der Waals surface area (Å²) in [5.74, 6) is -1.30. The molecule has 5 rings (SSSR count). The van der Waals surface area contributed by atoms with Crippen LogP contribution in [0.25, 0.3) is 11.3 Å². The van der Waals surface area contributed by atoms with E-state index in [1.807, 2.05) is 11.0 Å². The molecule has 4 aromatic heterocycles. The maximum atomic E-state index is 15.2. The zero-order valence-electron chi connectivity index (χ0n) is 19.6. The highest BCUT2D eigenvalue weighted by atomic mass is 35.5. The monoisotopic (exact) mass is 548 g/mol. The van der Waals surface area contributed by atoms with Crippen LogP contribution in [0.4, 0.5) is 10.2 Å². The molecule has 0 bridgehead atoms. The summed E-state index contributed by atoms with van der Waals surface area (Å²) in [6.45, 7) is 2.91. The summed E-state index contributed by atoms with van der Waals surface area (Å²) in [4.78, 5) is 29.6. The molecule has 0 spiro atoms. The van der Waals surface area contributed by atoms with Crippen molar-refractivity contribution in [3.63, 3.8) is 0 Å². The summed E-state index contributed by atoms with van der Waals surface area (Å²) >= 11 is 7.39. The van der Waals surface area contributed by atoms with Crippen molar-refractivity contribution in [1.82, 2.24) is 24.4 Å². The predicted molar refractivity (Wildman–Crippen MR) is 134 cm³/mol. The molecular formula is C23H22ClFN6O5S. The number of nitrogens with zero attached hydrogens (tertiary/aromatic N) is 5. The highest BCUT2D eigenvalue weighted by molar-refractivity contribution is 7.16. The van der Waals surface area contributed by atoms with E-state index >= 15 is 4.39 Å². The van der Waals surface area contributed by atoms with Crippen molar-refractivity contribution < 1.29 is 23.2 Å². The van der Waals surface area contributed by atoms with Gasteiger partial charge in [0.2, 0.25) is 0 Å². The van der Waals surface area contributed by atoms with E-state index in [-0.39, 0.29) is 41.7 Å². The van der Waals surface area contributed by atoms with Crippen LogP contribution in [0, 0.1) is 5.82 Å². The van der Waals surface area contributed by atoms with Crippen molar-refractivity contribution >= 4 is 34.7 Å². The van der Waals surface area contributed by atoms with Crippen molar-refractivity contribution in [1.29, 1.82) is 0 Å². The number of halogens is 2. The van der Waals surface area contributed by atoms with Crippen molar-refractivity contribution in [3.8, 4) is 17.0 Å². The van der Waals surface area contributed by atoms with Gasteiger partial charge in [-0.25, -0.2) is 4.39 Å². The highest BCUT2D eigenvalue weighted by Gasteiger charge is 2.29. The van der Waals surface area contributed by atoms with Crippen molar-refractivity contribution in [2.75, 3.05) is 38.7 Å². The Hall–Kier alpha value is -3.52. The molecule has 0 unspecified atom stereocenters. The SMILES string of the molecule is COc1c(-c2c(F)ccn(CN3CCOCC3)c2=O)nn(C(=O)c2ccon2)c1NCc1ccc(Cl)s1. The number of thiophene rings is 1. The molecule has 1 saturated heterocycles. The Morgan fingerprint density at radius 3 is 2.76 bits per heavy atom. The topological polar surface area (TPSA) is 117 Å². The van der Waals surface area contributed by atoms with Gasteiger partial charge in [-0.3, -0.25) is 14.5 Å². The van der Waals surface area contributed by atoms with Gasteiger partial charge in [-0.2, -0.15) is 9.78 Å². The van der Waals surface area contributed by atoms with Crippen molar-refractivity contribution in [2.24, 2.45) is 0 Å². The van der Waals surface area contributed by atoms with Crippen LogP contribution in [0.1, 0.15) is 15.4 Å². The maximum Gasteiger partial charge on any atom is 0.302 e. The Balaban J connectivity index is 1.59. The van der Waals surface area contributed by atoms with Crippen LogP contribution >= 0.6 is 22.9 Å². The number of pyridine rings is 1. The van der Waals surface area contributed by atoms with Crippen LogP contribution in [-0.2, 0) is 18.0 Å². The van der Waals surface area contributed by atoms with Crippen molar-refractivity contribution in [2.45, 2.75) is 13.2 Å². The Morgan fingerprint density at radius 1 is 1.27 bits per heavy atom. The number of methoxy groups -OCH3 is 1. The number of hydrogen-bond donors (Lipinski definition) is 1. The summed E-state index contributed by atoms with van der Waals surface area (Å²) < 4.78 is 33.9. The molecule has 4 aromatic rings. The van der Waals surface area contributed by atoms with E-state index in [9.17, 15) is 9.59 Å². The number of carbonyl (C=O) groups is 1. The minimum Gasteiger partial charge on any atom is -0.491 e. The number of hydrogen-bond acceptors (Lipinski definition) is 10. The molecule has 0 radical (unpaired) electrons. The minimum atomic E-state index is -0.795. The second-order valence-corrected chi connectivity index (χ2v) is 9.88. The quantitative estimate of drug-likeness (QED) is 0.354. The average molecular weight is 549 g/mol. The first-order valence-corrected chi connectivity index (χ1v) is 12.4. The first kappa shape index (κ1) is 25.1.